The fourth-order valence-electron chi connectivity index (χ4n) is 2.18. The van der Waals surface area contributed by atoms with Gasteiger partial charge in [-0.1, -0.05) is 6.92 Å². The molecule has 1 saturated carbocycles. The van der Waals surface area contributed by atoms with Gasteiger partial charge in [-0.2, -0.15) is 0 Å². The lowest BCUT2D eigenvalue weighted by Crippen LogP contribution is -2.33. The summed E-state index contributed by atoms with van der Waals surface area (Å²) in [6, 6.07) is 0. The van der Waals surface area contributed by atoms with Crippen LogP contribution in [0.1, 0.15) is 19.8 Å². The summed E-state index contributed by atoms with van der Waals surface area (Å²) in [5.74, 6) is 4.73. The van der Waals surface area contributed by atoms with E-state index in [9.17, 15) is 0 Å². The van der Waals surface area contributed by atoms with E-state index >= 15 is 0 Å². The number of hydrogen-bond donors (Lipinski definition) is 0. The van der Waals surface area contributed by atoms with Gasteiger partial charge in [-0.15, -0.1) is 11.8 Å². The Morgan fingerprint density at radius 3 is 2.82 bits per heavy atom. The molecule has 0 atom stereocenters. The van der Waals surface area contributed by atoms with Crippen molar-refractivity contribution in [2.45, 2.75) is 19.8 Å². The maximum Gasteiger partial charge on any atom is 0.0445 e. The highest BCUT2D eigenvalue weighted by molar-refractivity contribution is 7.99. The molecule has 1 saturated heterocycles. The van der Waals surface area contributed by atoms with Gasteiger partial charge in [0.15, 0.2) is 0 Å². The van der Waals surface area contributed by atoms with Crippen LogP contribution in [-0.2, 0) is 0 Å². The van der Waals surface area contributed by atoms with Gasteiger partial charge in [-0.25, -0.2) is 0 Å². The fraction of sp³-hybridized carbons (Fsp3) is 1.00. The molecule has 0 spiro atoms. The molecule has 1 aliphatic carbocycles. The smallest absolute Gasteiger partial charge is 0.0445 e. The lowest BCUT2D eigenvalue weighted by molar-refractivity contribution is 0.154. The topological polar surface area (TPSA) is 3.24 Å². The lowest BCUT2D eigenvalue weighted by Gasteiger charge is -2.35. The van der Waals surface area contributed by atoms with E-state index in [4.69, 9.17) is 0 Å². The molecule has 0 unspecified atom stereocenters. The maximum atomic E-state index is 2.61. The van der Waals surface area contributed by atoms with E-state index < -0.39 is 0 Å². The molecule has 0 aromatic heterocycles. The minimum Gasteiger partial charge on any atom is -0.293 e. The van der Waals surface area contributed by atoms with Crippen molar-refractivity contribution in [1.29, 1.82) is 0 Å². The number of rotatable bonds is 2. The Bertz CT molecular complexity index is 126. The highest BCUT2D eigenvalue weighted by atomic mass is 32.2. The largest absolute Gasteiger partial charge is 0.293 e. The Kier molecular flexibility index (Phi) is 2.42. The molecular formula is C9H17NS. The molecule has 64 valence electrons. The molecule has 0 aromatic rings. The van der Waals surface area contributed by atoms with Crippen molar-refractivity contribution in [3.63, 3.8) is 0 Å². The van der Waals surface area contributed by atoms with Crippen molar-refractivity contribution in [2.75, 3.05) is 24.7 Å². The zero-order valence-electron chi connectivity index (χ0n) is 7.25. The average Bonchev–Trinajstić information content (AvgIpc) is 2.36. The van der Waals surface area contributed by atoms with Gasteiger partial charge in [-0.3, -0.25) is 4.90 Å². The minimum atomic E-state index is 1.02. The first-order valence-corrected chi connectivity index (χ1v) is 5.80. The molecule has 0 bridgehead atoms. The van der Waals surface area contributed by atoms with Gasteiger partial charge in [0, 0.05) is 24.7 Å². The first kappa shape index (κ1) is 7.93. The lowest BCUT2D eigenvalue weighted by atomic mass is 9.76. The predicted molar refractivity (Wildman–Crippen MR) is 50.8 cm³/mol. The molecule has 2 aliphatic rings. The van der Waals surface area contributed by atoms with Crippen LogP contribution in [0.2, 0.25) is 0 Å². The molecule has 2 fully saturated rings. The Balaban J connectivity index is 1.66. The van der Waals surface area contributed by atoms with E-state index in [0.717, 1.165) is 11.8 Å². The Hall–Kier alpha value is 0.310. The van der Waals surface area contributed by atoms with E-state index in [1.54, 1.807) is 0 Å². The van der Waals surface area contributed by atoms with Crippen molar-refractivity contribution >= 4 is 11.8 Å². The third kappa shape index (κ3) is 1.91. The van der Waals surface area contributed by atoms with E-state index in [0.29, 0.717) is 0 Å². The van der Waals surface area contributed by atoms with E-state index in [1.165, 1.54) is 37.6 Å². The Labute approximate surface area is 73.5 Å². The summed E-state index contributed by atoms with van der Waals surface area (Å²) in [6.07, 6.45) is 2.97. The molecule has 1 nitrogen and oxygen atoms in total. The van der Waals surface area contributed by atoms with Gasteiger partial charge in [0.05, 0.1) is 0 Å². The van der Waals surface area contributed by atoms with Gasteiger partial charge in [-0.05, 0) is 24.7 Å². The van der Waals surface area contributed by atoms with Crippen molar-refractivity contribution in [3.05, 3.63) is 0 Å². The maximum absolute atomic E-state index is 2.61. The van der Waals surface area contributed by atoms with Crippen LogP contribution in [0.4, 0.5) is 0 Å². The molecule has 2 heteroatoms. The molecule has 0 aromatic carbocycles. The molecule has 0 N–H and O–H groups in total. The molecule has 11 heavy (non-hydrogen) atoms. The molecule has 0 radical (unpaired) electrons. The highest BCUT2D eigenvalue weighted by Crippen LogP contribution is 2.34. The highest BCUT2D eigenvalue weighted by Gasteiger charge is 2.27. The number of hydrogen-bond acceptors (Lipinski definition) is 2. The van der Waals surface area contributed by atoms with Crippen LogP contribution in [0.25, 0.3) is 0 Å². The summed E-state index contributed by atoms with van der Waals surface area (Å²) in [7, 11) is 0. The fourth-order valence-corrected chi connectivity index (χ4v) is 3.19. The first-order chi connectivity index (χ1) is 5.34. The average molecular weight is 171 g/mol. The molecule has 1 heterocycles. The Morgan fingerprint density at radius 1 is 1.45 bits per heavy atom. The van der Waals surface area contributed by atoms with Crippen molar-refractivity contribution < 1.29 is 0 Å². The quantitative estimate of drug-likeness (QED) is 0.625. The summed E-state index contributed by atoms with van der Waals surface area (Å²) in [6.45, 7) is 5.10. The van der Waals surface area contributed by atoms with Crippen LogP contribution in [0.15, 0.2) is 0 Å². The van der Waals surface area contributed by atoms with Crippen LogP contribution in [-0.4, -0.2) is 29.6 Å². The van der Waals surface area contributed by atoms with E-state index in [2.05, 4.69) is 23.6 Å². The van der Waals surface area contributed by atoms with Gasteiger partial charge in [0.1, 0.15) is 0 Å². The summed E-state index contributed by atoms with van der Waals surface area (Å²) in [5, 5.41) is 0. The zero-order valence-corrected chi connectivity index (χ0v) is 8.07. The van der Waals surface area contributed by atoms with Gasteiger partial charge >= 0.3 is 0 Å². The van der Waals surface area contributed by atoms with Gasteiger partial charge in [0.25, 0.3) is 0 Å². The number of thioether (sulfide) groups is 1. The van der Waals surface area contributed by atoms with Crippen LogP contribution in [0, 0.1) is 11.8 Å². The molecule has 1 aliphatic heterocycles. The van der Waals surface area contributed by atoms with Crippen molar-refractivity contribution in [1.82, 2.24) is 4.90 Å². The second kappa shape index (κ2) is 3.36. The van der Waals surface area contributed by atoms with E-state index in [1.807, 2.05) is 0 Å². The van der Waals surface area contributed by atoms with Crippen LogP contribution < -0.4 is 0 Å². The van der Waals surface area contributed by atoms with Crippen LogP contribution in [0.3, 0.4) is 0 Å². The summed E-state index contributed by atoms with van der Waals surface area (Å²) < 4.78 is 0. The van der Waals surface area contributed by atoms with Gasteiger partial charge in [0.2, 0.25) is 0 Å². The predicted octanol–water partition coefficient (Wildman–Crippen LogP) is 2.04. The SMILES string of the molecule is CC1CC(CN2CCSC2)C1. The number of nitrogens with zero attached hydrogens (tertiary/aromatic N) is 1. The Morgan fingerprint density at radius 2 is 2.27 bits per heavy atom. The molecule has 2 rings (SSSR count). The zero-order chi connectivity index (χ0) is 7.68. The monoisotopic (exact) mass is 171 g/mol. The minimum absolute atomic E-state index is 1.02. The van der Waals surface area contributed by atoms with Crippen molar-refractivity contribution in [2.24, 2.45) is 11.8 Å². The standard InChI is InChI=1S/C9H17NS/c1-8-4-9(5-8)6-10-2-3-11-7-10/h8-9H,2-7H2,1H3. The molecular weight excluding hydrogens is 154 g/mol. The second-order valence-corrected chi connectivity index (χ2v) is 5.13. The normalized spacial score (nSPS) is 39.0. The third-order valence-electron chi connectivity index (χ3n) is 2.81. The van der Waals surface area contributed by atoms with E-state index in [-0.39, 0.29) is 0 Å². The summed E-state index contributed by atoms with van der Waals surface area (Å²) >= 11 is 2.09. The molecule has 0 amide bonds. The third-order valence-corrected chi connectivity index (χ3v) is 3.83. The summed E-state index contributed by atoms with van der Waals surface area (Å²) in [4.78, 5) is 2.61. The van der Waals surface area contributed by atoms with Crippen LogP contribution >= 0.6 is 11.8 Å². The first-order valence-electron chi connectivity index (χ1n) is 4.64. The van der Waals surface area contributed by atoms with Gasteiger partial charge < -0.3 is 0 Å². The second-order valence-electron chi connectivity index (χ2n) is 4.06. The van der Waals surface area contributed by atoms with Crippen molar-refractivity contribution in [3.8, 4) is 0 Å². The summed E-state index contributed by atoms with van der Waals surface area (Å²) in [5.41, 5.74) is 0. The van der Waals surface area contributed by atoms with Crippen LogP contribution in [0.5, 0.6) is 0 Å².